The molecule has 114 valence electrons. The highest BCUT2D eigenvalue weighted by Gasteiger charge is 2.34. The summed E-state index contributed by atoms with van der Waals surface area (Å²) in [6.07, 6.45) is 6.04. The van der Waals surface area contributed by atoms with Crippen molar-refractivity contribution >= 4 is 11.5 Å². The number of morpholine rings is 1. The van der Waals surface area contributed by atoms with Gasteiger partial charge in [0.25, 0.3) is 0 Å². The zero-order chi connectivity index (χ0) is 14.1. The molecular formula is C16H24N4O. The Hall–Kier alpha value is -1.33. The molecule has 1 unspecified atom stereocenters. The Kier molecular flexibility index (Phi) is 3.69. The van der Waals surface area contributed by atoms with Crippen LogP contribution in [0.3, 0.4) is 0 Å². The molecule has 0 bridgehead atoms. The Morgan fingerprint density at radius 3 is 2.67 bits per heavy atom. The van der Waals surface area contributed by atoms with Gasteiger partial charge in [-0.1, -0.05) is 0 Å². The quantitative estimate of drug-likeness (QED) is 0.910. The van der Waals surface area contributed by atoms with Gasteiger partial charge in [0.05, 0.1) is 25.1 Å². The molecule has 0 radical (unpaired) electrons. The van der Waals surface area contributed by atoms with Crippen molar-refractivity contribution in [2.75, 3.05) is 49.6 Å². The topological polar surface area (TPSA) is 40.6 Å². The van der Waals surface area contributed by atoms with Crippen LogP contribution in [-0.2, 0) is 4.74 Å². The Morgan fingerprint density at radius 2 is 1.95 bits per heavy atom. The number of pyridine rings is 1. The molecule has 5 nitrogen and oxygen atoms in total. The van der Waals surface area contributed by atoms with Crippen LogP contribution in [0.25, 0.3) is 0 Å². The van der Waals surface area contributed by atoms with Gasteiger partial charge in [0, 0.05) is 38.3 Å². The molecule has 0 spiro atoms. The van der Waals surface area contributed by atoms with E-state index in [0.717, 1.165) is 43.9 Å². The number of nitrogens with one attached hydrogen (secondary N) is 1. The van der Waals surface area contributed by atoms with E-state index in [1.807, 2.05) is 6.20 Å². The average Bonchev–Trinajstić information content (AvgIpc) is 3.29. The molecule has 1 aromatic heterocycles. The van der Waals surface area contributed by atoms with Gasteiger partial charge in [-0.15, -0.1) is 0 Å². The average molecular weight is 288 g/mol. The molecule has 1 N–H and O–H groups in total. The minimum Gasteiger partial charge on any atom is -0.380 e. The highest BCUT2D eigenvalue weighted by atomic mass is 16.5. The molecule has 3 aliphatic rings. The summed E-state index contributed by atoms with van der Waals surface area (Å²) in [5.41, 5.74) is 1.15. The van der Waals surface area contributed by atoms with Crippen molar-refractivity contribution in [2.24, 2.45) is 0 Å². The molecule has 0 aromatic carbocycles. The molecule has 1 aliphatic carbocycles. The van der Waals surface area contributed by atoms with Crippen LogP contribution in [0.5, 0.6) is 0 Å². The van der Waals surface area contributed by atoms with Crippen molar-refractivity contribution in [2.45, 2.75) is 31.3 Å². The third kappa shape index (κ3) is 3.14. The SMILES string of the molecule is c1cc(N2CCOCC2)ncc1NC1CCN(C2CC2)C1. The zero-order valence-corrected chi connectivity index (χ0v) is 12.5. The van der Waals surface area contributed by atoms with Crippen molar-refractivity contribution in [3.8, 4) is 0 Å². The van der Waals surface area contributed by atoms with Gasteiger partial charge in [-0.05, 0) is 31.4 Å². The van der Waals surface area contributed by atoms with Crippen LogP contribution in [0.4, 0.5) is 11.5 Å². The Bertz CT molecular complexity index is 468. The standard InChI is InChI=1S/C16H24N4O/c1-4-16(19-7-9-21-10-8-19)17-11-13(1)18-14-5-6-20(12-14)15-2-3-15/h1,4,11,14-15,18H,2-3,5-10,12H2. The number of hydrogen-bond donors (Lipinski definition) is 1. The lowest BCUT2D eigenvalue weighted by Gasteiger charge is -2.27. The number of hydrogen-bond acceptors (Lipinski definition) is 5. The smallest absolute Gasteiger partial charge is 0.128 e. The van der Waals surface area contributed by atoms with Crippen molar-refractivity contribution < 1.29 is 4.74 Å². The lowest BCUT2D eigenvalue weighted by molar-refractivity contribution is 0.122. The second-order valence-corrected chi connectivity index (χ2v) is 6.36. The number of rotatable bonds is 4. The van der Waals surface area contributed by atoms with Crippen LogP contribution < -0.4 is 10.2 Å². The Balaban J connectivity index is 1.33. The maximum absolute atomic E-state index is 5.38. The van der Waals surface area contributed by atoms with Gasteiger partial charge in [-0.25, -0.2) is 4.98 Å². The molecule has 5 heteroatoms. The number of nitrogens with zero attached hydrogens (tertiary/aromatic N) is 3. The fourth-order valence-electron chi connectivity index (χ4n) is 3.36. The highest BCUT2D eigenvalue weighted by molar-refractivity contribution is 5.49. The first kappa shape index (κ1) is 13.3. The molecule has 3 fully saturated rings. The number of ether oxygens (including phenoxy) is 1. The number of anilines is 2. The first-order chi connectivity index (χ1) is 10.4. The molecule has 1 aromatic rings. The molecule has 4 rings (SSSR count). The molecule has 2 aliphatic heterocycles. The third-order valence-corrected chi connectivity index (χ3v) is 4.74. The van der Waals surface area contributed by atoms with Crippen LogP contribution in [0, 0.1) is 0 Å². The first-order valence-electron chi connectivity index (χ1n) is 8.18. The molecule has 0 amide bonds. The molecule has 1 atom stereocenters. The Morgan fingerprint density at radius 1 is 1.10 bits per heavy atom. The fraction of sp³-hybridized carbons (Fsp3) is 0.688. The normalized spacial score (nSPS) is 27.0. The number of likely N-dealkylation sites (tertiary alicyclic amines) is 1. The summed E-state index contributed by atoms with van der Waals surface area (Å²) < 4.78 is 5.38. The summed E-state index contributed by atoms with van der Waals surface area (Å²) >= 11 is 0. The summed E-state index contributed by atoms with van der Waals surface area (Å²) in [5.74, 6) is 1.06. The van der Waals surface area contributed by atoms with Crippen molar-refractivity contribution in [3.05, 3.63) is 18.3 Å². The van der Waals surface area contributed by atoms with Crippen LogP contribution in [0.2, 0.25) is 0 Å². The maximum Gasteiger partial charge on any atom is 0.128 e. The van der Waals surface area contributed by atoms with Crippen LogP contribution in [0.1, 0.15) is 19.3 Å². The molecular weight excluding hydrogens is 264 g/mol. The third-order valence-electron chi connectivity index (χ3n) is 4.74. The van der Waals surface area contributed by atoms with E-state index in [0.29, 0.717) is 6.04 Å². The largest absolute Gasteiger partial charge is 0.380 e. The van der Waals surface area contributed by atoms with Crippen molar-refractivity contribution in [1.29, 1.82) is 0 Å². The van der Waals surface area contributed by atoms with Gasteiger partial charge in [-0.2, -0.15) is 0 Å². The van der Waals surface area contributed by atoms with E-state index in [4.69, 9.17) is 4.74 Å². The zero-order valence-electron chi connectivity index (χ0n) is 12.5. The molecule has 3 heterocycles. The van der Waals surface area contributed by atoms with Gasteiger partial charge in [0.2, 0.25) is 0 Å². The first-order valence-corrected chi connectivity index (χ1v) is 8.18. The summed E-state index contributed by atoms with van der Waals surface area (Å²) in [7, 11) is 0. The van der Waals surface area contributed by atoms with Gasteiger partial charge in [-0.3, -0.25) is 4.90 Å². The maximum atomic E-state index is 5.38. The Labute approximate surface area is 126 Å². The van der Waals surface area contributed by atoms with E-state index in [1.165, 1.54) is 32.4 Å². The lowest BCUT2D eigenvalue weighted by Crippen LogP contribution is -2.36. The molecule has 2 saturated heterocycles. The monoisotopic (exact) mass is 288 g/mol. The molecule has 1 saturated carbocycles. The highest BCUT2D eigenvalue weighted by Crippen LogP contribution is 2.30. The van der Waals surface area contributed by atoms with E-state index < -0.39 is 0 Å². The predicted molar refractivity (Wildman–Crippen MR) is 83.9 cm³/mol. The van der Waals surface area contributed by atoms with E-state index >= 15 is 0 Å². The van der Waals surface area contributed by atoms with Gasteiger partial charge in [0.1, 0.15) is 5.82 Å². The summed E-state index contributed by atoms with van der Waals surface area (Å²) in [6, 6.07) is 5.76. The van der Waals surface area contributed by atoms with Gasteiger partial charge < -0.3 is 15.0 Å². The second kappa shape index (κ2) is 5.81. The summed E-state index contributed by atoms with van der Waals surface area (Å²) in [5, 5.41) is 3.64. The van der Waals surface area contributed by atoms with Crippen LogP contribution in [0.15, 0.2) is 18.3 Å². The second-order valence-electron chi connectivity index (χ2n) is 6.36. The minimum atomic E-state index is 0.585. The van der Waals surface area contributed by atoms with E-state index in [1.54, 1.807) is 0 Å². The minimum absolute atomic E-state index is 0.585. The predicted octanol–water partition coefficient (Wildman–Crippen LogP) is 1.57. The summed E-state index contributed by atoms with van der Waals surface area (Å²) in [6.45, 7) is 5.94. The van der Waals surface area contributed by atoms with Crippen LogP contribution in [-0.4, -0.2) is 61.4 Å². The lowest BCUT2D eigenvalue weighted by atomic mass is 10.2. The van der Waals surface area contributed by atoms with Crippen LogP contribution >= 0.6 is 0 Å². The van der Waals surface area contributed by atoms with Crippen molar-refractivity contribution in [3.63, 3.8) is 0 Å². The van der Waals surface area contributed by atoms with E-state index in [-0.39, 0.29) is 0 Å². The van der Waals surface area contributed by atoms with Crippen molar-refractivity contribution in [1.82, 2.24) is 9.88 Å². The van der Waals surface area contributed by atoms with Gasteiger partial charge >= 0.3 is 0 Å². The molecule has 21 heavy (non-hydrogen) atoms. The summed E-state index contributed by atoms with van der Waals surface area (Å²) in [4.78, 5) is 9.53. The fourth-order valence-corrected chi connectivity index (χ4v) is 3.36. The van der Waals surface area contributed by atoms with Gasteiger partial charge in [0.15, 0.2) is 0 Å². The van der Waals surface area contributed by atoms with E-state index in [9.17, 15) is 0 Å². The number of aromatic nitrogens is 1. The van der Waals surface area contributed by atoms with E-state index in [2.05, 4.69) is 32.2 Å².